The molecule has 0 saturated carbocycles. The highest BCUT2D eigenvalue weighted by Gasteiger charge is 2.31. The van der Waals surface area contributed by atoms with Crippen LogP contribution in [0.15, 0.2) is 24.3 Å². The maximum absolute atomic E-state index is 12.6. The van der Waals surface area contributed by atoms with E-state index in [1.807, 2.05) is 36.1 Å². The monoisotopic (exact) mass is 346 g/mol. The number of nitrogens with zero attached hydrogens (tertiary/aromatic N) is 2. The van der Waals surface area contributed by atoms with Crippen LogP contribution in [-0.2, 0) is 14.3 Å². The summed E-state index contributed by atoms with van der Waals surface area (Å²) in [5, 5.41) is 0. The highest BCUT2D eigenvalue weighted by atomic mass is 16.5. The number of carbonyl (C=O) groups excluding carboxylic acids is 2. The van der Waals surface area contributed by atoms with E-state index in [0.29, 0.717) is 31.2 Å². The molecular formula is C19H26N2O4. The van der Waals surface area contributed by atoms with Crippen molar-refractivity contribution in [2.45, 2.75) is 32.8 Å². The topological polar surface area (TPSA) is 59.1 Å². The van der Waals surface area contributed by atoms with Crippen LogP contribution in [0.3, 0.4) is 0 Å². The van der Waals surface area contributed by atoms with Crippen LogP contribution in [0.1, 0.15) is 26.7 Å². The summed E-state index contributed by atoms with van der Waals surface area (Å²) in [6.45, 7) is 7.04. The molecule has 0 aliphatic carbocycles. The Bertz CT molecular complexity index is 628. The minimum atomic E-state index is -0.525. The Morgan fingerprint density at radius 2 is 2.16 bits per heavy atom. The molecule has 2 aliphatic heterocycles. The third kappa shape index (κ3) is 3.95. The number of fused-ring (bicyclic) bond motifs is 1. The van der Waals surface area contributed by atoms with Gasteiger partial charge in [0.1, 0.15) is 5.75 Å². The average molecular weight is 346 g/mol. The molecule has 6 nitrogen and oxygen atoms in total. The van der Waals surface area contributed by atoms with Crippen molar-refractivity contribution in [3.05, 3.63) is 24.3 Å². The van der Waals surface area contributed by atoms with Crippen LogP contribution in [0.5, 0.6) is 5.75 Å². The average Bonchev–Trinajstić information content (AvgIpc) is 3.13. The van der Waals surface area contributed by atoms with Crippen LogP contribution in [0.25, 0.3) is 0 Å². The molecule has 2 heterocycles. The van der Waals surface area contributed by atoms with Gasteiger partial charge < -0.3 is 19.3 Å². The molecule has 3 rings (SSSR count). The second-order valence-electron chi connectivity index (χ2n) is 6.63. The Kier molecular flexibility index (Phi) is 5.58. The fourth-order valence-corrected chi connectivity index (χ4v) is 3.40. The van der Waals surface area contributed by atoms with Gasteiger partial charge in [-0.15, -0.1) is 0 Å². The van der Waals surface area contributed by atoms with Gasteiger partial charge in [0.15, 0.2) is 6.10 Å². The summed E-state index contributed by atoms with van der Waals surface area (Å²) in [6, 6.07) is 7.47. The van der Waals surface area contributed by atoms with E-state index in [0.717, 1.165) is 31.9 Å². The molecule has 2 atom stereocenters. The molecule has 2 amide bonds. The van der Waals surface area contributed by atoms with Crippen LogP contribution >= 0.6 is 0 Å². The lowest BCUT2D eigenvalue weighted by Gasteiger charge is -2.33. The largest absolute Gasteiger partial charge is 0.479 e. The molecule has 1 aromatic rings. The fourth-order valence-electron chi connectivity index (χ4n) is 3.40. The zero-order valence-electron chi connectivity index (χ0n) is 14.9. The van der Waals surface area contributed by atoms with Crippen LogP contribution in [0, 0.1) is 5.92 Å². The van der Waals surface area contributed by atoms with Crippen molar-refractivity contribution < 1.29 is 19.1 Å². The molecule has 1 fully saturated rings. The Morgan fingerprint density at radius 3 is 2.88 bits per heavy atom. The van der Waals surface area contributed by atoms with Crippen molar-refractivity contribution >= 4 is 17.5 Å². The van der Waals surface area contributed by atoms with Gasteiger partial charge >= 0.3 is 0 Å². The SMILES string of the molecule is CCN(C[C@@H]1CCOC1)C(=O)CCN1C(=O)[C@@H](C)Oc2ccccc21. The van der Waals surface area contributed by atoms with E-state index in [9.17, 15) is 9.59 Å². The Morgan fingerprint density at radius 1 is 1.36 bits per heavy atom. The highest BCUT2D eigenvalue weighted by Crippen LogP contribution is 2.33. The normalized spacial score (nSPS) is 22.5. The molecule has 1 saturated heterocycles. The molecule has 136 valence electrons. The van der Waals surface area contributed by atoms with Crippen molar-refractivity contribution in [2.24, 2.45) is 5.92 Å². The maximum atomic E-state index is 12.6. The zero-order chi connectivity index (χ0) is 17.8. The molecule has 2 aliphatic rings. The smallest absolute Gasteiger partial charge is 0.267 e. The summed E-state index contributed by atoms with van der Waals surface area (Å²) in [7, 11) is 0. The number of carbonyl (C=O) groups is 2. The molecule has 0 bridgehead atoms. The van der Waals surface area contributed by atoms with E-state index in [1.54, 1.807) is 11.8 Å². The first-order valence-electron chi connectivity index (χ1n) is 9.02. The van der Waals surface area contributed by atoms with Gasteiger partial charge in [-0.25, -0.2) is 0 Å². The number of amides is 2. The number of para-hydroxylation sites is 2. The van der Waals surface area contributed by atoms with Crippen LogP contribution in [-0.4, -0.2) is 55.7 Å². The number of hydrogen-bond acceptors (Lipinski definition) is 4. The molecule has 0 unspecified atom stereocenters. The maximum Gasteiger partial charge on any atom is 0.267 e. The van der Waals surface area contributed by atoms with E-state index in [-0.39, 0.29) is 11.8 Å². The van der Waals surface area contributed by atoms with Gasteiger partial charge in [0, 0.05) is 38.6 Å². The van der Waals surface area contributed by atoms with Gasteiger partial charge in [-0.1, -0.05) is 12.1 Å². The van der Waals surface area contributed by atoms with E-state index < -0.39 is 6.10 Å². The van der Waals surface area contributed by atoms with Crippen molar-refractivity contribution in [1.82, 2.24) is 4.90 Å². The predicted molar refractivity (Wildman–Crippen MR) is 94.7 cm³/mol. The third-order valence-corrected chi connectivity index (χ3v) is 4.86. The van der Waals surface area contributed by atoms with Crippen LogP contribution < -0.4 is 9.64 Å². The lowest BCUT2D eigenvalue weighted by molar-refractivity contribution is -0.131. The van der Waals surface area contributed by atoms with E-state index in [2.05, 4.69) is 0 Å². The molecule has 0 radical (unpaired) electrons. The molecule has 0 N–H and O–H groups in total. The standard InChI is InChI=1S/C19H26N2O4/c1-3-20(12-15-9-11-24-13-15)18(22)8-10-21-16-6-4-5-7-17(16)25-14(2)19(21)23/h4-7,14-15H,3,8-13H2,1-2H3/t14-,15+/m1/s1. The molecular weight excluding hydrogens is 320 g/mol. The number of rotatable bonds is 6. The number of ether oxygens (including phenoxy) is 2. The first-order valence-corrected chi connectivity index (χ1v) is 9.02. The summed E-state index contributed by atoms with van der Waals surface area (Å²) in [4.78, 5) is 28.6. The summed E-state index contributed by atoms with van der Waals surface area (Å²) in [5.74, 6) is 1.10. The second kappa shape index (κ2) is 7.87. The van der Waals surface area contributed by atoms with Crippen LogP contribution in [0.4, 0.5) is 5.69 Å². The summed E-state index contributed by atoms with van der Waals surface area (Å²) in [5.41, 5.74) is 0.741. The quantitative estimate of drug-likeness (QED) is 0.791. The minimum absolute atomic E-state index is 0.0822. The lowest BCUT2D eigenvalue weighted by atomic mass is 10.1. The van der Waals surface area contributed by atoms with E-state index >= 15 is 0 Å². The third-order valence-electron chi connectivity index (χ3n) is 4.86. The van der Waals surface area contributed by atoms with Crippen LogP contribution in [0.2, 0.25) is 0 Å². The Hall–Kier alpha value is -2.08. The van der Waals surface area contributed by atoms with E-state index in [4.69, 9.17) is 9.47 Å². The highest BCUT2D eigenvalue weighted by molar-refractivity contribution is 6.00. The summed E-state index contributed by atoms with van der Waals surface area (Å²) in [6.07, 6.45) is 0.799. The molecule has 25 heavy (non-hydrogen) atoms. The van der Waals surface area contributed by atoms with Gasteiger partial charge in [0.05, 0.1) is 12.3 Å². The summed E-state index contributed by atoms with van der Waals surface area (Å²) >= 11 is 0. The molecule has 6 heteroatoms. The lowest BCUT2D eigenvalue weighted by Crippen LogP contribution is -2.46. The summed E-state index contributed by atoms with van der Waals surface area (Å²) < 4.78 is 11.0. The Balaban J connectivity index is 1.63. The van der Waals surface area contributed by atoms with Crippen molar-refractivity contribution in [3.63, 3.8) is 0 Å². The minimum Gasteiger partial charge on any atom is -0.479 e. The number of anilines is 1. The van der Waals surface area contributed by atoms with Crippen molar-refractivity contribution in [1.29, 1.82) is 0 Å². The molecule has 1 aromatic carbocycles. The van der Waals surface area contributed by atoms with Gasteiger partial charge in [0.25, 0.3) is 5.91 Å². The van der Waals surface area contributed by atoms with E-state index in [1.165, 1.54) is 0 Å². The van der Waals surface area contributed by atoms with Crippen molar-refractivity contribution in [2.75, 3.05) is 37.7 Å². The van der Waals surface area contributed by atoms with Gasteiger partial charge in [-0.2, -0.15) is 0 Å². The number of hydrogen-bond donors (Lipinski definition) is 0. The number of benzene rings is 1. The van der Waals surface area contributed by atoms with Gasteiger partial charge in [-0.3, -0.25) is 9.59 Å². The second-order valence-corrected chi connectivity index (χ2v) is 6.63. The van der Waals surface area contributed by atoms with Gasteiger partial charge in [-0.05, 0) is 32.4 Å². The zero-order valence-corrected chi connectivity index (χ0v) is 14.9. The van der Waals surface area contributed by atoms with Crippen molar-refractivity contribution in [3.8, 4) is 5.75 Å². The predicted octanol–water partition coefficient (Wildman–Crippen LogP) is 2.08. The molecule has 0 aromatic heterocycles. The Labute approximate surface area is 148 Å². The van der Waals surface area contributed by atoms with Gasteiger partial charge in [0.2, 0.25) is 5.91 Å². The first kappa shape index (κ1) is 17.7. The molecule has 0 spiro atoms. The first-order chi connectivity index (χ1) is 12.1. The fraction of sp³-hybridized carbons (Fsp3) is 0.579.